The molecule has 0 bridgehead atoms. The van der Waals surface area contributed by atoms with Gasteiger partial charge in [-0.05, 0) is 52.9 Å². The van der Waals surface area contributed by atoms with Crippen molar-refractivity contribution in [2.24, 2.45) is 5.92 Å². The summed E-state index contributed by atoms with van der Waals surface area (Å²) in [5.41, 5.74) is 1.11. The molecule has 0 aliphatic carbocycles. The monoisotopic (exact) mass is 278 g/mol. The lowest BCUT2D eigenvalue weighted by Gasteiger charge is -2.13. The third-order valence-corrected chi connectivity index (χ3v) is 3.36. The third-order valence-electron chi connectivity index (χ3n) is 2.33. The van der Waals surface area contributed by atoms with Crippen LogP contribution in [0.25, 0.3) is 0 Å². The average Bonchev–Trinajstić information content (AvgIpc) is 2.11. The van der Waals surface area contributed by atoms with E-state index in [4.69, 9.17) is 11.6 Å². The van der Waals surface area contributed by atoms with E-state index in [9.17, 15) is 4.39 Å². The lowest BCUT2D eigenvalue weighted by Crippen LogP contribution is -2.10. The van der Waals surface area contributed by atoms with E-state index in [1.165, 1.54) is 6.07 Å². The maximum atomic E-state index is 12.9. The molecule has 2 atom stereocenters. The third kappa shape index (κ3) is 3.25. The second-order valence-corrected chi connectivity index (χ2v) is 5.15. The molecule has 1 aromatic rings. The van der Waals surface area contributed by atoms with Crippen molar-refractivity contribution < 1.29 is 4.39 Å². The van der Waals surface area contributed by atoms with Gasteiger partial charge in [0.15, 0.2) is 0 Å². The van der Waals surface area contributed by atoms with Crippen LogP contribution in [-0.2, 0) is 6.42 Å². The van der Waals surface area contributed by atoms with Crippen molar-refractivity contribution >= 4 is 27.5 Å². The molecule has 1 rings (SSSR count). The smallest absolute Gasteiger partial charge is 0.137 e. The van der Waals surface area contributed by atoms with Crippen LogP contribution in [0.2, 0.25) is 0 Å². The molecule has 0 aliphatic rings. The Bertz CT molecular complexity index is 312. The summed E-state index contributed by atoms with van der Waals surface area (Å²) in [6.45, 7) is 4.07. The molecule has 0 nitrogen and oxygen atoms in total. The summed E-state index contributed by atoms with van der Waals surface area (Å²) in [7, 11) is 0. The minimum Gasteiger partial charge on any atom is -0.206 e. The molecule has 0 amide bonds. The first-order valence-corrected chi connectivity index (χ1v) is 5.81. The SMILES string of the molecule is CC(Cl)C(C)Cc1ccc(F)c(Br)c1. The molecule has 0 N–H and O–H groups in total. The second kappa shape index (κ2) is 5.13. The summed E-state index contributed by atoms with van der Waals surface area (Å²) < 4.78 is 13.4. The zero-order chi connectivity index (χ0) is 10.7. The van der Waals surface area contributed by atoms with Crippen molar-refractivity contribution in [1.29, 1.82) is 0 Å². The Balaban J connectivity index is 2.73. The predicted octanol–water partition coefficient (Wildman–Crippen LogP) is 4.39. The molecule has 0 aromatic heterocycles. The summed E-state index contributed by atoms with van der Waals surface area (Å²) >= 11 is 9.13. The number of alkyl halides is 1. The van der Waals surface area contributed by atoms with Gasteiger partial charge >= 0.3 is 0 Å². The minimum absolute atomic E-state index is 0.138. The van der Waals surface area contributed by atoms with Gasteiger partial charge in [0.25, 0.3) is 0 Å². The molecule has 0 radical (unpaired) electrons. The summed E-state index contributed by atoms with van der Waals surface area (Å²) in [5, 5.41) is 0.138. The van der Waals surface area contributed by atoms with E-state index < -0.39 is 0 Å². The number of halogens is 3. The van der Waals surface area contributed by atoms with Gasteiger partial charge in [-0.3, -0.25) is 0 Å². The quantitative estimate of drug-likeness (QED) is 0.720. The highest BCUT2D eigenvalue weighted by Gasteiger charge is 2.10. The van der Waals surface area contributed by atoms with Crippen LogP contribution in [0.5, 0.6) is 0 Å². The van der Waals surface area contributed by atoms with Crippen LogP contribution in [0.15, 0.2) is 22.7 Å². The molecule has 1 aromatic carbocycles. The average molecular weight is 280 g/mol. The van der Waals surface area contributed by atoms with Crippen LogP contribution in [-0.4, -0.2) is 5.38 Å². The molecular formula is C11H13BrClF. The summed E-state index contributed by atoms with van der Waals surface area (Å²) in [5.74, 6) is 0.175. The van der Waals surface area contributed by atoms with Crippen LogP contribution >= 0.6 is 27.5 Å². The summed E-state index contributed by atoms with van der Waals surface area (Å²) in [6.07, 6.45) is 0.879. The van der Waals surface area contributed by atoms with E-state index in [0.29, 0.717) is 10.4 Å². The Kier molecular flexibility index (Phi) is 4.39. The molecule has 3 heteroatoms. The van der Waals surface area contributed by atoms with Gasteiger partial charge in [0.05, 0.1) is 4.47 Å². The van der Waals surface area contributed by atoms with Crippen LogP contribution in [0.4, 0.5) is 4.39 Å². The number of rotatable bonds is 3. The molecule has 78 valence electrons. The summed E-state index contributed by atoms with van der Waals surface area (Å²) in [6, 6.07) is 5.09. The largest absolute Gasteiger partial charge is 0.206 e. The first-order chi connectivity index (χ1) is 6.50. The number of hydrogen-bond donors (Lipinski definition) is 0. The number of hydrogen-bond acceptors (Lipinski definition) is 0. The second-order valence-electron chi connectivity index (χ2n) is 3.61. The van der Waals surface area contributed by atoms with Gasteiger partial charge in [-0.15, -0.1) is 11.6 Å². The zero-order valence-corrected chi connectivity index (χ0v) is 10.6. The van der Waals surface area contributed by atoms with E-state index in [-0.39, 0.29) is 11.2 Å². The fourth-order valence-corrected chi connectivity index (χ4v) is 1.72. The van der Waals surface area contributed by atoms with E-state index in [1.54, 1.807) is 6.07 Å². The fraction of sp³-hybridized carbons (Fsp3) is 0.455. The predicted molar refractivity (Wildman–Crippen MR) is 62.3 cm³/mol. The van der Waals surface area contributed by atoms with Crippen molar-refractivity contribution in [3.05, 3.63) is 34.1 Å². The van der Waals surface area contributed by atoms with E-state index in [2.05, 4.69) is 22.9 Å². The molecule has 0 saturated heterocycles. The maximum Gasteiger partial charge on any atom is 0.137 e. The molecule has 0 spiro atoms. The van der Waals surface area contributed by atoms with Crippen molar-refractivity contribution in [2.75, 3.05) is 0 Å². The molecule has 0 fully saturated rings. The van der Waals surface area contributed by atoms with Gasteiger partial charge in [-0.25, -0.2) is 4.39 Å². The lowest BCUT2D eigenvalue weighted by atomic mass is 9.99. The van der Waals surface area contributed by atoms with Crippen molar-refractivity contribution in [3.8, 4) is 0 Å². The maximum absolute atomic E-state index is 12.9. The van der Waals surface area contributed by atoms with Gasteiger partial charge in [-0.1, -0.05) is 13.0 Å². The van der Waals surface area contributed by atoms with E-state index in [1.807, 2.05) is 13.0 Å². The van der Waals surface area contributed by atoms with Crippen LogP contribution in [0, 0.1) is 11.7 Å². The highest BCUT2D eigenvalue weighted by Crippen LogP contribution is 2.21. The van der Waals surface area contributed by atoms with Gasteiger partial charge in [0.2, 0.25) is 0 Å². The van der Waals surface area contributed by atoms with E-state index in [0.717, 1.165) is 12.0 Å². The highest BCUT2D eigenvalue weighted by atomic mass is 79.9. The molecule has 14 heavy (non-hydrogen) atoms. The topological polar surface area (TPSA) is 0 Å². The van der Waals surface area contributed by atoms with Crippen molar-refractivity contribution in [2.45, 2.75) is 25.6 Å². The van der Waals surface area contributed by atoms with Crippen LogP contribution in [0.3, 0.4) is 0 Å². The van der Waals surface area contributed by atoms with E-state index >= 15 is 0 Å². The van der Waals surface area contributed by atoms with Crippen LogP contribution < -0.4 is 0 Å². The summed E-state index contributed by atoms with van der Waals surface area (Å²) in [4.78, 5) is 0. The highest BCUT2D eigenvalue weighted by molar-refractivity contribution is 9.10. The standard InChI is InChI=1S/C11H13BrClF/c1-7(8(2)13)5-9-3-4-11(14)10(12)6-9/h3-4,6-8H,5H2,1-2H3. The van der Waals surface area contributed by atoms with Crippen molar-refractivity contribution in [3.63, 3.8) is 0 Å². The van der Waals surface area contributed by atoms with Gasteiger partial charge in [0, 0.05) is 5.38 Å². The zero-order valence-electron chi connectivity index (χ0n) is 8.23. The molecule has 0 heterocycles. The normalized spacial score (nSPS) is 15.2. The minimum atomic E-state index is -0.222. The Morgan fingerprint density at radius 2 is 2.07 bits per heavy atom. The van der Waals surface area contributed by atoms with Gasteiger partial charge in [-0.2, -0.15) is 0 Å². The Morgan fingerprint density at radius 1 is 1.43 bits per heavy atom. The Labute approximate surface area is 97.6 Å². The van der Waals surface area contributed by atoms with Gasteiger partial charge < -0.3 is 0 Å². The van der Waals surface area contributed by atoms with Crippen LogP contribution in [0.1, 0.15) is 19.4 Å². The lowest BCUT2D eigenvalue weighted by molar-refractivity contribution is 0.565. The first kappa shape index (κ1) is 12.0. The first-order valence-electron chi connectivity index (χ1n) is 4.58. The Morgan fingerprint density at radius 3 is 2.57 bits per heavy atom. The van der Waals surface area contributed by atoms with Crippen molar-refractivity contribution in [1.82, 2.24) is 0 Å². The number of benzene rings is 1. The molecular weight excluding hydrogens is 266 g/mol. The Hall–Kier alpha value is -0.0800. The van der Waals surface area contributed by atoms with Gasteiger partial charge in [0.1, 0.15) is 5.82 Å². The molecule has 2 unspecified atom stereocenters. The molecule has 0 saturated carbocycles. The fourth-order valence-electron chi connectivity index (χ4n) is 1.20. The molecule has 0 aliphatic heterocycles.